The second-order valence-corrected chi connectivity index (χ2v) is 5.97. The number of ether oxygens (including phenoxy) is 1. The molecule has 3 rings (SSSR count). The summed E-state index contributed by atoms with van der Waals surface area (Å²) < 4.78 is 43.6. The first-order chi connectivity index (χ1) is 12.4. The highest BCUT2D eigenvalue weighted by atomic mass is 19.4. The average molecular weight is 365 g/mol. The van der Waals surface area contributed by atoms with Crippen molar-refractivity contribution in [3.8, 4) is 5.75 Å². The smallest absolute Gasteiger partial charge is 0.433 e. The number of rotatable bonds is 4. The van der Waals surface area contributed by atoms with Crippen LogP contribution in [0.5, 0.6) is 5.75 Å². The second-order valence-electron chi connectivity index (χ2n) is 5.97. The maximum Gasteiger partial charge on any atom is 0.433 e. The van der Waals surface area contributed by atoms with E-state index in [1.165, 1.54) is 12.1 Å². The van der Waals surface area contributed by atoms with Crippen LogP contribution in [0.1, 0.15) is 11.3 Å². The van der Waals surface area contributed by atoms with Crippen LogP contribution in [0.4, 0.5) is 19.0 Å². The van der Waals surface area contributed by atoms with Gasteiger partial charge in [-0.25, -0.2) is 4.98 Å². The summed E-state index contributed by atoms with van der Waals surface area (Å²) in [7, 11) is 1.57. The topological polar surface area (TPSA) is 45.7 Å². The third-order valence-corrected chi connectivity index (χ3v) is 4.18. The van der Waals surface area contributed by atoms with Crippen LogP contribution in [0.3, 0.4) is 0 Å². The Morgan fingerprint density at radius 3 is 2.62 bits per heavy atom. The van der Waals surface area contributed by atoms with Crippen LogP contribution in [0.2, 0.25) is 0 Å². The van der Waals surface area contributed by atoms with Crippen molar-refractivity contribution in [2.45, 2.75) is 12.7 Å². The Morgan fingerprint density at radius 2 is 1.92 bits per heavy atom. The molecule has 1 amide bonds. The predicted octanol–water partition coefficient (Wildman–Crippen LogP) is 2.96. The molecule has 0 N–H and O–H groups in total. The Morgan fingerprint density at radius 1 is 1.15 bits per heavy atom. The minimum Gasteiger partial charge on any atom is -0.497 e. The molecular formula is C18H18F3N3O2. The number of hydrogen-bond donors (Lipinski definition) is 0. The summed E-state index contributed by atoms with van der Waals surface area (Å²) >= 11 is 0. The van der Waals surface area contributed by atoms with E-state index in [4.69, 9.17) is 4.74 Å². The Balaban J connectivity index is 1.68. The van der Waals surface area contributed by atoms with Crippen molar-refractivity contribution in [3.63, 3.8) is 0 Å². The van der Waals surface area contributed by atoms with Crippen LogP contribution in [0.15, 0.2) is 42.5 Å². The fraction of sp³-hybridized carbons (Fsp3) is 0.333. The van der Waals surface area contributed by atoms with Crippen molar-refractivity contribution in [2.24, 2.45) is 0 Å². The lowest BCUT2D eigenvalue weighted by Crippen LogP contribution is -2.50. The number of halogens is 3. The van der Waals surface area contributed by atoms with Gasteiger partial charge >= 0.3 is 6.18 Å². The van der Waals surface area contributed by atoms with Gasteiger partial charge in [0, 0.05) is 19.6 Å². The van der Waals surface area contributed by atoms with Gasteiger partial charge in [0.2, 0.25) is 5.91 Å². The predicted molar refractivity (Wildman–Crippen MR) is 89.9 cm³/mol. The van der Waals surface area contributed by atoms with Crippen LogP contribution in [-0.2, 0) is 17.5 Å². The second kappa shape index (κ2) is 7.23. The van der Waals surface area contributed by atoms with Crippen LogP contribution >= 0.6 is 0 Å². The van der Waals surface area contributed by atoms with Crippen molar-refractivity contribution < 1.29 is 22.7 Å². The average Bonchev–Trinajstić information content (AvgIpc) is 2.63. The van der Waals surface area contributed by atoms with Gasteiger partial charge in [-0.15, -0.1) is 0 Å². The van der Waals surface area contributed by atoms with Crippen LogP contribution in [0, 0.1) is 0 Å². The van der Waals surface area contributed by atoms with Crippen LogP contribution in [0.25, 0.3) is 0 Å². The van der Waals surface area contributed by atoms with Crippen LogP contribution in [-0.4, -0.2) is 42.5 Å². The molecule has 5 nitrogen and oxygen atoms in total. The number of pyridine rings is 1. The van der Waals surface area contributed by atoms with E-state index in [0.29, 0.717) is 25.4 Å². The van der Waals surface area contributed by atoms with Crippen LogP contribution < -0.4 is 9.64 Å². The van der Waals surface area contributed by atoms with Gasteiger partial charge in [0.25, 0.3) is 0 Å². The molecule has 0 radical (unpaired) electrons. The third-order valence-electron chi connectivity index (χ3n) is 4.18. The minimum atomic E-state index is -4.51. The number of amides is 1. The molecule has 1 aromatic carbocycles. The molecule has 26 heavy (non-hydrogen) atoms. The van der Waals surface area contributed by atoms with Gasteiger partial charge in [0.15, 0.2) is 0 Å². The molecule has 2 aromatic rings. The van der Waals surface area contributed by atoms with E-state index in [0.717, 1.165) is 11.6 Å². The lowest BCUT2D eigenvalue weighted by Gasteiger charge is -2.35. The lowest BCUT2D eigenvalue weighted by molar-refractivity contribution is -0.141. The molecule has 1 fully saturated rings. The van der Waals surface area contributed by atoms with Gasteiger partial charge in [0.05, 0.1) is 13.7 Å². The van der Waals surface area contributed by atoms with Gasteiger partial charge in [0.1, 0.15) is 17.3 Å². The summed E-state index contributed by atoms with van der Waals surface area (Å²) in [5.41, 5.74) is -0.0235. The molecule has 1 aromatic heterocycles. The van der Waals surface area contributed by atoms with E-state index in [1.54, 1.807) is 16.9 Å². The summed E-state index contributed by atoms with van der Waals surface area (Å²) in [4.78, 5) is 19.3. The number of alkyl halides is 3. The molecule has 138 valence electrons. The maximum absolute atomic E-state index is 12.8. The molecule has 1 aliphatic heterocycles. The van der Waals surface area contributed by atoms with Gasteiger partial charge in [-0.1, -0.05) is 18.2 Å². The van der Waals surface area contributed by atoms with Gasteiger partial charge < -0.3 is 14.5 Å². The fourth-order valence-corrected chi connectivity index (χ4v) is 2.82. The van der Waals surface area contributed by atoms with Gasteiger partial charge in [-0.2, -0.15) is 13.2 Å². The van der Waals surface area contributed by atoms with E-state index in [2.05, 4.69) is 4.98 Å². The number of nitrogens with zero attached hydrogens (tertiary/aromatic N) is 3. The van der Waals surface area contributed by atoms with Crippen molar-refractivity contribution in [3.05, 3.63) is 53.7 Å². The lowest BCUT2D eigenvalue weighted by atomic mass is 10.2. The monoisotopic (exact) mass is 365 g/mol. The summed E-state index contributed by atoms with van der Waals surface area (Å²) in [5, 5.41) is 0. The van der Waals surface area contributed by atoms with E-state index in [-0.39, 0.29) is 18.3 Å². The van der Waals surface area contributed by atoms with Crippen molar-refractivity contribution in [1.82, 2.24) is 9.88 Å². The number of carbonyl (C=O) groups is 1. The fourth-order valence-electron chi connectivity index (χ4n) is 2.82. The van der Waals surface area contributed by atoms with Crippen molar-refractivity contribution in [1.29, 1.82) is 0 Å². The highest BCUT2D eigenvalue weighted by molar-refractivity contribution is 5.82. The maximum atomic E-state index is 12.8. The zero-order valence-electron chi connectivity index (χ0n) is 14.2. The SMILES string of the molecule is COc1cccc(CN2CCN(c3cccc(C(F)(F)F)n3)CC2=O)c1. The molecule has 2 heterocycles. The minimum absolute atomic E-state index is 0.00171. The molecule has 1 saturated heterocycles. The molecule has 8 heteroatoms. The highest BCUT2D eigenvalue weighted by Crippen LogP contribution is 2.29. The molecule has 0 unspecified atom stereocenters. The standard InChI is InChI=1S/C18H18F3N3O2/c1-26-14-5-2-4-13(10-14)11-24-9-8-23(12-17(24)25)16-7-3-6-15(22-16)18(19,20)21/h2-7,10H,8-9,11-12H2,1H3. The van der Waals surface area contributed by atoms with Crippen molar-refractivity contribution in [2.75, 3.05) is 31.6 Å². The van der Waals surface area contributed by atoms with Crippen molar-refractivity contribution >= 4 is 11.7 Å². The summed E-state index contributed by atoms with van der Waals surface area (Å²) in [6.07, 6.45) is -4.51. The zero-order valence-corrected chi connectivity index (χ0v) is 14.2. The number of aromatic nitrogens is 1. The molecule has 0 atom stereocenters. The number of anilines is 1. The Kier molecular flexibility index (Phi) is 5.01. The molecule has 0 bridgehead atoms. The van der Waals surface area contributed by atoms with Gasteiger partial charge in [-0.3, -0.25) is 4.79 Å². The van der Waals surface area contributed by atoms with E-state index >= 15 is 0 Å². The molecular weight excluding hydrogens is 347 g/mol. The molecule has 1 aliphatic rings. The number of hydrogen-bond acceptors (Lipinski definition) is 4. The first-order valence-corrected chi connectivity index (χ1v) is 8.07. The number of carbonyl (C=O) groups excluding carboxylic acids is 1. The number of benzene rings is 1. The normalized spacial score (nSPS) is 15.3. The quantitative estimate of drug-likeness (QED) is 0.836. The highest BCUT2D eigenvalue weighted by Gasteiger charge is 2.33. The van der Waals surface area contributed by atoms with E-state index in [1.807, 2.05) is 24.3 Å². The first kappa shape index (κ1) is 18.0. The molecule has 0 aliphatic carbocycles. The van der Waals surface area contributed by atoms with Gasteiger partial charge in [-0.05, 0) is 29.8 Å². The number of methoxy groups -OCH3 is 1. The Hall–Kier alpha value is -2.77. The molecule has 0 saturated carbocycles. The van der Waals surface area contributed by atoms with E-state index < -0.39 is 11.9 Å². The summed E-state index contributed by atoms with van der Waals surface area (Å²) in [6.45, 7) is 1.26. The summed E-state index contributed by atoms with van der Waals surface area (Å²) in [5.74, 6) is 0.717. The largest absolute Gasteiger partial charge is 0.497 e. The van der Waals surface area contributed by atoms with E-state index in [9.17, 15) is 18.0 Å². The first-order valence-electron chi connectivity index (χ1n) is 8.07. The molecule has 0 spiro atoms. The Bertz CT molecular complexity index is 795. The number of piperazine rings is 1. The third kappa shape index (κ3) is 4.07. The summed E-state index contributed by atoms with van der Waals surface area (Å²) in [6, 6.07) is 11.1. The zero-order chi connectivity index (χ0) is 18.7. The Labute approximate surface area is 149 Å².